The van der Waals surface area contributed by atoms with Crippen LogP contribution in [0.25, 0.3) is 11.3 Å². The Morgan fingerprint density at radius 3 is 2.48 bits per heavy atom. The number of anilines is 3. The number of nitrogens with two attached hydrogens (primary N) is 1. The molecule has 0 radical (unpaired) electrons. The molecule has 3 aromatic rings. The lowest BCUT2D eigenvalue weighted by molar-refractivity contribution is -0.274. The maximum atomic E-state index is 12.6. The first-order chi connectivity index (χ1) is 14.6. The Balaban J connectivity index is 1.95. The van der Waals surface area contributed by atoms with E-state index in [1.807, 2.05) is 13.8 Å². The SMILES string of the molecule is CC(C)Nc1nc(NC(=O)c2cccc(N)c2)cc(-c2cccc(OC(F)(F)F)c2)n1. The third kappa shape index (κ3) is 6.33. The van der Waals surface area contributed by atoms with Crippen molar-refractivity contribution in [2.75, 3.05) is 16.4 Å². The minimum absolute atomic E-state index is 0.0207. The molecular weight excluding hydrogens is 411 g/mol. The van der Waals surface area contributed by atoms with Crippen LogP contribution >= 0.6 is 0 Å². The summed E-state index contributed by atoms with van der Waals surface area (Å²) in [6, 6.07) is 13.2. The van der Waals surface area contributed by atoms with Crippen LogP contribution in [0.2, 0.25) is 0 Å². The highest BCUT2D eigenvalue weighted by molar-refractivity contribution is 6.04. The van der Waals surface area contributed by atoms with Crippen LogP contribution in [0.1, 0.15) is 24.2 Å². The zero-order valence-electron chi connectivity index (χ0n) is 16.7. The van der Waals surface area contributed by atoms with Crippen molar-refractivity contribution >= 4 is 23.4 Å². The Morgan fingerprint density at radius 1 is 1.06 bits per heavy atom. The summed E-state index contributed by atoms with van der Waals surface area (Å²) in [5, 5.41) is 5.69. The lowest BCUT2D eigenvalue weighted by Crippen LogP contribution is -2.17. The molecule has 0 spiro atoms. The number of alkyl halides is 3. The number of halogens is 3. The highest BCUT2D eigenvalue weighted by Gasteiger charge is 2.31. The van der Waals surface area contributed by atoms with Gasteiger partial charge in [-0.1, -0.05) is 18.2 Å². The third-order valence-electron chi connectivity index (χ3n) is 3.90. The average Bonchev–Trinajstić information content (AvgIpc) is 2.66. The number of carbonyl (C=O) groups excluding carboxylic acids is 1. The van der Waals surface area contributed by atoms with Crippen LogP contribution in [0, 0.1) is 0 Å². The Hall–Kier alpha value is -3.82. The highest BCUT2D eigenvalue weighted by atomic mass is 19.4. The maximum absolute atomic E-state index is 12.6. The number of rotatable bonds is 6. The Labute approximate surface area is 176 Å². The molecule has 7 nitrogen and oxygen atoms in total. The first kappa shape index (κ1) is 21.9. The van der Waals surface area contributed by atoms with Gasteiger partial charge in [-0.05, 0) is 44.2 Å². The molecule has 1 heterocycles. The van der Waals surface area contributed by atoms with Gasteiger partial charge >= 0.3 is 6.36 Å². The standard InChI is InChI=1S/C21H20F3N5O2/c1-12(2)26-20-27-17(13-5-4-8-16(10-13)31-21(22,23)24)11-18(29-20)28-19(30)14-6-3-7-15(25)9-14/h3-12H,25H2,1-2H3,(H2,26,27,28,29,30). The molecule has 0 fully saturated rings. The van der Waals surface area contributed by atoms with E-state index in [1.54, 1.807) is 24.3 Å². The summed E-state index contributed by atoms with van der Waals surface area (Å²) in [6.45, 7) is 3.75. The van der Waals surface area contributed by atoms with E-state index in [9.17, 15) is 18.0 Å². The van der Waals surface area contributed by atoms with Crippen LogP contribution in [0.4, 0.5) is 30.6 Å². The largest absolute Gasteiger partial charge is 0.573 e. The first-order valence-corrected chi connectivity index (χ1v) is 9.28. The second-order valence-corrected chi connectivity index (χ2v) is 6.92. The summed E-state index contributed by atoms with van der Waals surface area (Å²) in [4.78, 5) is 21.2. The molecular formula is C21H20F3N5O2. The predicted octanol–water partition coefficient (Wildman–Crippen LogP) is 4.70. The molecule has 3 rings (SSSR count). The van der Waals surface area contributed by atoms with Gasteiger partial charge in [-0.25, -0.2) is 4.98 Å². The van der Waals surface area contributed by atoms with Crippen LogP contribution in [-0.2, 0) is 0 Å². The van der Waals surface area contributed by atoms with E-state index in [1.165, 1.54) is 30.3 Å². The van der Waals surface area contributed by atoms with E-state index in [0.717, 1.165) is 0 Å². The van der Waals surface area contributed by atoms with Gasteiger partial charge in [-0.3, -0.25) is 4.79 Å². The first-order valence-electron chi connectivity index (χ1n) is 9.28. The van der Waals surface area contributed by atoms with E-state index in [4.69, 9.17) is 5.73 Å². The van der Waals surface area contributed by atoms with Gasteiger partial charge in [0.2, 0.25) is 5.95 Å². The summed E-state index contributed by atoms with van der Waals surface area (Å²) >= 11 is 0. The fraction of sp³-hybridized carbons (Fsp3) is 0.190. The van der Waals surface area contributed by atoms with Crippen LogP contribution in [0.15, 0.2) is 54.6 Å². The van der Waals surface area contributed by atoms with Gasteiger partial charge in [0.05, 0.1) is 5.69 Å². The van der Waals surface area contributed by atoms with Crippen LogP contribution < -0.4 is 21.1 Å². The van der Waals surface area contributed by atoms with Gasteiger partial charge in [0.15, 0.2) is 0 Å². The summed E-state index contributed by atoms with van der Waals surface area (Å²) in [7, 11) is 0. The number of carbonyl (C=O) groups is 1. The minimum Gasteiger partial charge on any atom is -0.406 e. The summed E-state index contributed by atoms with van der Waals surface area (Å²) < 4.78 is 41.7. The molecule has 0 saturated heterocycles. The van der Waals surface area contributed by atoms with Gasteiger partial charge in [-0.15, -0.1) is 13.2 Å². The molecule has 162 valence electrons. The molecule has 31 heavy (non-hydrogen) atoms. The fourth-order valence-corrected chi connectivity index (χ4v) is 2.70. The molecule has 1 amide bonds. The molecule has 0 atom stereocenters. The zero-order chi connectivity index (χ0) is 22.6. The number of ether oxygens (including phenoxy) is 1. The normalized spacial score (nSPS) is 11.3. The average molecular weight is 431 g/mol. The monoisotopic (exact) mass is 431 g/mol. The topological polar surface area (TPSA) is 102 Å². The van der Waals surface area contributed by atoms with Crippen molar-refractivity contribution in [3.63, 3.8) is 0 Å². The number of benzene rings is 2. The quantitative estimate of drug-likeness (QED) is 0.489. The predicted molar refractivity (Wildman–Crippen MR) is 112 cm³/mol. The van der Waals surface area contributed by atoms with E-state index >= 15 is 0 Å². The number of amides is 1. The molecule has 1 aromatic heterocycles. The number of hydrogen-bond acceptors (Lipinski definition) is 6. The van der Waals surface area contributed by atoms with Gasteiger partial charge in [0, 0.05) is 28.9 Å². The van der Waals surface area contributed by atoms with Gasteiger partial charge in [0.25, 0.3) is 5.91 Å². The Bertz CT molecular complexity index is 1090. The molecule has 0 unspecified atom stereocenters. The second-order valence-electron chi connectivity index (χ2n) is 6.92. The van der Waals surface area contributed by atoms with E-state index in [2.05, 4.69) is 25.3 Å². The second kappa shape index (κ2) is 8.90. The number of nitrogens with zero attached hydrogens (tertiary/aromatic N) is 2. The molecule has 10 heteroatoms. The van der Waals surface area contributed by atoms with Crippen molar-refractivity contribution in [2.24, 2.45) is 0 Å². The summed E-state index contributed by atoms with van der Waals surface area (Å²) in [6.07, 6.45) is -4.81. The lowest BCUT2D eigenvalue weighted by atomic mass is 10.1. The van der Waals surface area contributed by atoms with E-state index < -0.39 is 12.3 Å². The van der Waals surface area contributed by atoms with Crippen molar-refractivity contribution in [3.8, 4) is 17.0 Å². The summed E-state index contributed by atoms with van der Waals surface area (Å²) in [5.74, 6) is -0.450. The van der Waals surface area contributed by atoms with Crippen molar-refractivity contribution in [3.05, 3.63) is 60.2 Å². The number of nitrogens with one attached hydrogen (secondary N) is 2. The number of hydrogen-bond donors (Lipinski definition) is 3. The summed E-state index contributed by atoms with van der Waals surface area (Å²) in [5.41, 5.74) is 7.14. The maximum Gasteiger partial charge on any atom is 0.573 e. The number of aromatic nitrogens is 2. The van der Waals surface area contributed by atoms with Crippen molar-refractivity contribution in [2.45, 2.75) is 26.3 Å². The van der Waals surface area contributed by atoms with E-state index in [-0.39, 0.29) is 23.6 Å². The molecule has 4 N–H and O–H groups in total. The third-order valence-corrected chi connectivity index (χ3v) is 3.90. The molecule has 2 aromatic carbocycles. The van der Waals surface area contributed by atoms with Crippen LogP contribution in [0.3, 0.4) is 0 Å². The van der Waals surface area contributed by atoms with Crippen molar-refractivity contribution in [1.82, 2.24) is 9.97 Å². The zero-order valence-corrected chi connectivity index (χ0v) is 16.7. The van der Waals surface area contributed by atoms with Crippen LogP contribution in [-0.4, -0.2) is 28.3 Å². The van der Waals surface area contributed by atoms with Gasteiger partial charge in [0.1, 0.15) is 11.6 Å². The van der Waals surface area contributed by atoms with Crippen LogP contribution in [0.5, 0.6) is 5.75 Å². The molecule has 0 aliphatic carbocycles. The van der Waals surface area contributed by atoms with Crippen molar-refractivity contribution < 1.29 is 22.7 Å². The Morgan fingerprint density at radius 2 is 1.81 bits per heavy atom. The molecule has 0 aliphatic rings. The minimum atomic E-state index is -4.81. The fourth-order valence-electron chi connectivity index (χ4n) is 2.70. The molecule has 0 bridgehead atoms. The van der Waals surface area contributed by atoms with Gasteiger partial charge in [-0.2, -0.15) is 4.98 Å². The Kier molecular flexibility index (Phi) is 6.28. The van der Waals surface area contributed by atoms with E-state index in [0.29, 0.717) is 22.5 Å². The van der Waals surface area contributed by atoms with Crippen molar-refractivity contribution in [1.29, 1.82) is 0 Å². The smallest absolute Gasteiger partial charge is 0.406 e. The highest BCUT2D eigenvalue weighted by Crippen LogP contribution is 2.29. The molecule has 0 aliphatic heterocycles. The lowest BCUT2D eigenvalue weighted by Gasteiger charge is -2.14. The molecule has 0 saturated carbocycles. The van der Waals surface area contributed by atoms with Gasteiger partial charge < -0.3 is 21.1 Å². The number of nitrogen functional groups attached to an aromatic ring is 1.